The molecule has 110 valence electrons. The number of nitrogens with one attached hydrogen (secondary N) is 1. The number of hydrogen-bond acceptors (Lipinski definition) is 4. The molecule has 0 bridgehead atoms. The molecule has 1 N–H and O–H groups in total. The molecule has 1 aliphatic heterocycles. The van der Waals surface area contributed by atoms with Gasteiger partial charge in [-0.05, 0) is 34.9 Å². The number of pyridine rings is 1. The first-order chi connectivity index (χ1) is 10.4. The summed E-state index contributed by atoms with van der Waals surface area (Å²) in [6, 6.07) is 13.2. The summed E-state index contributed by atoms with van der Waals surface area (Å²) in [5.74, 6) is 3.00. The molecule has 0 unspecified atom stereocenters. The van der Waals surface area contributed by atoms with Crippen molar-refractivity contribution in [2.45, 2.75) is 19.0 Å². The minimum absolute atomic E-state index is 0.410. The lowest BCUT2D eigenvalue weighted by atomic mass is 9.99. The van der Waals surface area contributed by atoms with E-state index in [2.05, 4.69) is 34.6 Å². The van der Waals surface area contributed by atoms with E-state index in [1.54, 1.807) is 13.3 Å². The maximum Gasteiger partial charge on any atom is 0.213 e. The van der Waals surface area contributed by atoms with Crippen molar-refractivity contribution in [2.24, 2.45) is 0 Å². The third-order valence-electron chi connectivity index (χ3n) is 3.79. The molecule has 0 amide bonds. The smallest absolute Gasteiger partial charge is 0.213 e. The Morgan fingerprint density at radius 1 is 1.33 bits per heavy atom. The number of aromatic nitrogens is 1. The number of nitrogens with zero attached hydrogens (tertiary/aromatic N) is 1. The average molecular weight is 300 g/mol. The number of benzene rings is 1. The van der Waals surface area contributed by atoms with Gasteiger partial charge in [-0.1, -0.05) is 24.3 Å². The molecule has 0 spiro atoms. The van der Waals surface area contributed by atoms with Crippen LogP contribution in [0.25, 0.3) is 0 Å². The van der Waals surface area contributed by atoms with E-state index in [9.17, 15) is 0 Å². The maximum absolute atomic E-state index is 5.18. The highest BCUT2D eigenvalue weighted by Gasteiger charge is 2.17. The summed E-state index contributed by atoms with van der Waals surface area (Å²) in [5, 5.41) is 3.68. The van der Waals surface area contributed by atoms with Gasteiger partial charge in [0, 0.05) is 30.6 Å². The van der Waals surface area contributed by atoms with Crippen LogP contribution in [0.4, 0.5) is 0 Å². The molecule has 21 heavy (non-hydrogen) atoms. The molecule has 1 aliphatic rings. The van der Waals surface area contributed by atoms with Crippen molar-refractivity contribution in [3.8, 4) is 5.88 Å². The van der Waals surface area contributed by atoms with Crippen molar-refractivity contribution < 1.29 is 4.74 Å². The highest BCUT2D eigenvalue weighted by molar-refractivity contribution is 7.99. The fourth-order valence-electron chi connectivity index (χ4n) is 2.66. The summed E-state index contributed by atoms with van der Waals surface area (Å²) < 4.78 is 5.18. The van der Waals surface area contributed by atoms with Gasteiger partial charge in [-0.2, -0.15) is 11.8 Å². The second kappa shape index (κ2) is 6.96. The molecule has 0 saturated carbocycles. The van der Waals surface area contributed by atoms with Crippen molar-refractivity contribution in [2.75, 3.05) is 18.6 Å². The predicted octanol–water partition coefficient (Wildman–Crippen LogP) is 3.21. The molecule has 0 saturated heterocycles. The van der Waals surface area contributed by atoms with E-state index in [1.807, 2.05) is 23.9 Å². The Balaban J connectivity index is 1.72. The van der Waals surface area contributed by atoms with E-state index in [-0.39, 0.29) is 0 Å². The number of ether oxygens (including phenoxy) is 1. The molecule has 1 atom stereocenters. The van der Waals surface area contributed by atoms with Gasteiger partial charge in [-0.15, -0.1) is 0 Å². The number of rotatable bonds is 4. The summed E-state index contributed by atoms with van der Waals surface area (Å²) in [6.45, 7) is 0.832. The lowest BCUT2D eigenvalue weighted by Crippen LogP contribution is -2.23. The zero-order chi connectivity index (χ0) is 14.5. The van der Waals surface area contributed by atoms with Crippen LogP contribution in [0.15, 0.2) is 42.6 Å². The molecule has 4 heteroatoms. The van der Waals surface area contributed by atoms with E-state index < -0.39 is 0 Å². The lowest BCUT2D eigenvalue weighted by molar-refractivity contribution is 0.397. The second-order valence-electron chi connectivity index (χ2n) is 5.16. The lowest BCUT2D eigenvalue weighted by Gasteiger charge is -2.19. The predicted molar refractivity (Wildman–Crippen MR) is 87.8 cm³/mol. The minimum atomic E-state index is 0.410. The van der Waals surface area contributed by atoms with Gasteiger partial charge >= 0.3 is 0 Å². The third kappa shape index (κ3) is 3.57. The monoisotopic (exact) mass is 300 g/mol. The van der Waals surface area contributed by atoms with E-state index in [0.717, 1.165) is 12.3 Å². The molecule has 3 nitrogen and oxygen atoms in total. The molecular weight excluding hydrogens is 280 g/mol. The second-order valence-corrected chi connectivity index (χ2v) is 6.31. The minimum Gasteiger partial charge on any atom is -0.481 e. The Morgan fingerprint density at radius 3 is 3.14 bits per heavy atom. The van der Waals surface area contributed by atoms with Crippen molar-refractivity contribution >= 4 is 11.8 Å². The molecule has 1 aromatic heterocycles. The highest BCUT2D eigenvalue weighted by Crippen LogP contribution is 2.27. The van der Waals surface area contributed by atoms with Gasteiger partial charge in [-0.3, -0.25) is 0 Å². The number of aryl methyl sites for hydroxylation is 1. The van der Waals surface area contributed by atoms with Crippen molar-refractivity contribution in [3.63, 3.8) is 0 Å². The Kier molecular flexibility index (Phi) is 4.78. The Bertz CT molecular complexity index is 603. The zero-order valence-corrected chi connectivity index (χ0v) is 13.0. The molecule has 0 aliphatic carbocycles. The quantitative estimate of drug-likeness (QED) is 0.940. The van der Waals surface area contributed by atoms with Crippen LogP contribution in [0.3, 0.4) is 0 Å². The molecule has 2 heterocycles. The third-order valence-corrected chi connectivity index (χ3v) is 4.85. The Morgan fingerprint density at radius 2 is 2.24 bits per heavy atom. The van der Waals surface area contributed by atoms with Crippen molar-refractivity contribution in [1.82, 2.24) is 10.3 Å². The SMILES string of the molecule is COc1cc(CN[C@H]2CSCCc3ccccc32)ccn1. The highest BCUT2D eigenvalue weighted by atomic mass is 32.2. The van der Waals surface area contributed by atoms with Crippen LogP contribution in [-0.4, -0.2) is 23.6 Å². The first-order valence-corrected chi connectivity index (χ1v) is 8.40. The van der Waals surface area contributed by atoms with Gasteiger partial charge in [0.05, 0.1) is 7.11 Å². The largest absolute Gasteiger partial charge is 0.481 e. The van der Waals surface area contributed by atoms with Gasteiger partial charge in [0.1, 0.15) is 0 Å². The van der Waals surface area contributed by atoms with Crippen LogP contribution in [0.2, 0.25) is 0 Å². The van der Waals surface area contributed by atoms with E-state index in [0.29, 0.717) is 11.9 Å². The number of thioether (sulfide) groups is 1. The molecule has 1 aromatic carbocycles. The first-order valence-electron chi connectivity index (χ1n) is 7.24. The van der Waals surface area contributed by atoms with Crippen LogP contribution in [0, 0.1) is 0 Å². The van der Waals surface area contributed by atoms with Crippen LogP contribution in [0.5, 0.6) is 5.88 Å². The summed E-state index contributed by atoms with van der Waals surface area (Å²) in [6.07, 6.45) is 2.97. The Labute approximate surface area is 130 Å². The molecular formula is C17H20N2OS. The van der Waals surface area contributed by atoms with Crippen molar-refractivity contribution in [1.29, 1.82) is 0 Å². The standard InChI is InChI=1S/C17H20N2OS/c1-20-17-10-13(6-8-18-17)11-19-16-12-21-9-7-14-4-2-3-5-15(14)16/h2-6,8,10,16,19H,7,9,11-12H2,1H3/t16-/m0/s1. The number of fused-ring (bicyclic) bond motifs is 1. The van der Waals surface area contributed by atoms with Crippen molar-refractivity contribution in [3.05, 3.63) is 59.3 Å². The molecule has 3 rings (SSSR count). The summed E-state index contributed by atoms with van der Waals surface area (Å²) in [4.78, 5) is 4.15. The summed E-state index contributed by atoms with van der Waals surface area (Å²) >= 11 is 2.02. The summed E-state index contributed by atoms with van der Waals surface area (Å²) in [7, 11) is 1.65. The molecule has 2 aromatic rings. The van der Waals surface area contributed by atoms with Gasteiger partial charge in [0.2, 0.25) is 5.88 Å². The number of hydrogen-bond donors (Lipinski definition) is 1. The van der Waals surface area contributed by atoms with Crippen LogP contribution in [-0.2, 0) is 13.0 Å². The molecule has 0 radical (unpaired) electrons. The zero-order valence-electron chi connectivity index (χ0n) is 12.2. The van der Waals surface area contributed by atoms with Gasteiger partial charge in [0.25, 0.3) is 0 Å². The maximum atomic E-state index is 5.18. The normalized spacial score (nSPS) is 17.9. The van der Waals surface area contributed by atoms with E-state index in [4.69, 9.17) is 4.74 Å². The van der Waals surface area contributed by atoms with E-state index in [1.165, 1.54) is 28.9 Å². The average Bonchev–Trinajstić information content (AvgIpc) is 2.75. The van der Waals surface area contributed by atoms with Crippen LogP contribution >= 0.6 is 11.8 Å². The van der Waals surface area contributed by atoms with Crippen LogP contribution in [0.1, 0.15) is 22.7 Å². The van der Waals surface area contributed by atoms with Crippen LogP contribution < -0.4 is 10.1 Å². The topological polar surface area (TPSA) is 34.1 Å². The van der Waals surface area contributed by atoms with Gasteiger partial charge < -0.3 is 10.1 Å². The fraction of sp³-hybridized carbons (Fsp3) is 0.353. The fourth-order valence-corrected chi connectivity index (χ4v) is 3.72. The number of methoxy groups -OCH3 is 1. The Hall–Kier alpha value is -1.52. The van der Waals surface area contributed by atoms with Gasteiger partial charge in [0.15, 0.2) is 0 Å². The van der Waals surface area contributed by atoms with E-state index >= 15 is 0 Å². The molecule has 0 fully saturated rings. The first kappa shape index (κ1) is 14.4. The summed E-state index contributed by atoms with van der Waals surface area (Å²) in [5.41, 5.74) is 4.13. The van der Waals surface area contributed by atoms with Gasteiger partial charge in [-0.25, -0.2) is 4.98 Å².